The van der Waals surface area contributed by atoms with Crippen LogP contribution in [0.3, 0.4) is 0 Å². The zero-order valence-electron chi connectivity index (χ0n) is 23.1. The first-order chi connectivity index (χ1) is 19.7. The average molecular weight is 653 g/mol. The molecule has 42 heavy (non-hydrogen) atoms. The lowest BCUT2D eigenvalue weighted by Crippen LogP contribution is -2.50. The predicted molar refractivity (Wildman–Crippen MR) is 152 cm³/mol. The molecule has 1 fully saturated rings. The molecule has 2 amide bonds. The van der Waals surface area contributed by atoms with Gasteiger partial charge in [0.05, 0.1) is 16.9 Å². The Kier molecular flexibility index (Phi) is 9.29. The largest absolute Gasteiger partial charge is 0.486 e. The minimum atomic E-state index is -4.77. The molecular formula is C29H29BrF4N4O4. The van der Waals surface area contributed by atoms with Gasteiger partial charge in [0.25, 0.3) is 5.91 Å². The van der Waals surface area contributed by atoms with Gasteiger partial charge in [-0.15, -0.1) is 0 Å². The van der Waals surface area contributed by atoms with Crippen LogP contribution in [0.1, 0.15) is 42.3 Å². The molecule has 0 bridgehead atoms. The Labute approximate surface area is 248 Å². The molecule has 0 saturated carbocycles. The lowest BCUT2D eigenvalue weighted by Gasteiger charge is -2.37. The van der Waals surface area contributed by atoms with Crippen LogP contribution in [0.5, 0.6) is 5.75 Å². The predicted octanol–water partition coefficient (Wildman–Crippen LogP) is 6.89. The number of amides is 2. The fourth-order valence-corrected chi connectivity index (χ4v) is 4.68. The Morgan fingerprint density at radius 1 is 1.02 bits per heavy atom. The van der Waals surface area contributed by atoms with Crippen molar-refractivity contribution in [2.24, 2.45) is 0 Å². The summed E-state index contributed by atoms with van der Waals surface area (Å²) >= 11 is 3.29. The van der Waals surface area contributed by atoms with Crippen LogP contribution in [0, 0.1) is 5.82 Å². The maximum atomic E-state index is 14.5. The monoisotopic (exact) mass is 652 g/mol. The van der Waals surface area contributed by atoms with E-state index in [0.717, 1.165) is 24.3 Å². The van der Waals surface area contributed by atoms with Gasteiger partial charge in [-0.1, -0.05) is 6.07 Å². The summed E-state index contributed by atoms with van der Waals surface area (Å²) in [5.74, 6) is -1.87. The van der Waals surface area contributed by atoms with Crippen molar-refractivity contribution in [3.8, 4) is 5.75 Å². The average Bonchev–Trinajstić information content (AvgIpc) is 2.91. The van der Waals surface area contributed by atoms with Crippen LogP contribution in [0.15, 0.2) is 59.3 Å². The fraction of sp³-hybridized carbons (Fsp3) is 0.345. The number of hydrogen-bond donors (Lipinski definition) is 1. The summed E-state index contributed by atoms with van der Waals surface area (Å²) in [7, 11) is 0. The van der Waals surface area contributed by atoms with Crippen molar-refractivity contribution < 1.29 is 36.6 Å². The molecule has 224 valence electrons. The molecule has 1 saturated heterocycles. The molecule has 0 unspecified atom stereocenters. The van der Waals surface area contributed by atoms with Crippen LogP contribution >= 0.6 is 15.9 Å². The van der Waals surface area contributed by atoms with Gasteiger partial charge in [0.2, 0.25) is 0 Å². The third kappa shape index (κ3) is 7.90. The molecule has 3 aromatic rings. The number of benzene rings is 2. The second-order valence-corrected chi connectivity index (χ2v) is 11.5. The van der Waals surface area contributed by atoms with Crippen LogP contribution in [-0.2, 0) is 17.5 Å². The lowest BCUT2D eigenvalue weighted by molar-refractivity contribution is -0.136. The van der Waals surface area contributed by atoms with Crippen molar-refractivity contribution >= 4 is 39.3 Å². The fourth-order valence-electron chi connectivity index (χ4n) is 4.26. The van der Waals surface area contributed by atoms with Crippen LogP contribution in [0.25, 0.3) is 0 Å². The normalized spacial score (nSPS) is 14.0. The smallest absolute Gasteiger partial charge is 0.418 e. The highest BCUT2D eigenvalue weighted by Crippen LogP contribution is 2.41. The highest BCUT2D eigenvalue weighted by molar-refractivity contribution is 9.10. The van der Waals surface area contributed by atoms with Gasteiger partial charge in [-0.2, -0.15) is 13.2 Å². The number of piperazine rings is 1. The van der Waals surface area contributed by atoms with Crippen molar-refractivity contribution in [3.05, 3.63) is 81.8 Å². The summed E-state index contributed by atoms with van der Waals surface area (Å²) in [6.07, 6.45) is -2.18. The Hall–Kier alpha value is -3.87. The van der Waals surface area contributed by atoms with Crippen molar-refractivity contribution in [2.45, 2.75) is 39.2 Å². The van der Waals surface area contributed by atoms with E-state index < -0.39 is 40.8 Å². The number of pyridine rings is 1. The second kappa shape index (κ2) is 12.6. The highest BCUT2D eigenvalue weighted by atomic mass is 79.9. The van der Waals surface area contributed by atoms with E-state index in [4.69, 9.17) is 9.47 Å². The Bertz CT molecular complexity index is 1450. The molecule has 8 nitrogen and oxygen atoms in total. The van der Waals surface area contributed by atoms with Gasteiger partial charge in [0.15, 0.2) is 11.6 Å². The first kappa shape index (κ1) is 31.1. The lowest BCUT2D eigenvalue weighted by atomic mass is 10.1. The second-order valence-electron chi connectivity index (χ2n) is 10.6. The zero-order valence-corrected chi connectivity index (χ0v) is 24.7. The molecule has 1 aliphatic heterocycles. The van der Waals surface area contributed by atoms with E-state index in [2.05, 4.69) is 26.2 Å². The summed E-state index contributed by atoms with van der Waals surface area (Å²) in [5, 5.41) is 2.39. The number of halogens is 5. The van der Waals surface area contributed by atoms with Gasteiger partial charge in [-0.3, -0.25) is 9.78 Å². The molecule has 2 aromatic carbocycles. The minimum Gasteiger partial charge on any atom is -0.486 e. The Balaban J connectivity index is 1.55. The summed E-state index contributed by atoms with van der Waals surface area (Å²) < 4.78 is 68.3. The van der Waals surface area contributed by atoms with Gasteiger partial charge >= 0.3 is 12.3 Å². The number of anilines is 2. The van der Waals surface area contributed by atoms with Crippen LogP contribution in [-0.4, -0.2) is 53.7 Å². The van der Waals surface area contributed by atoms with Crippen LogP contribution in [0.4, 0.5) is 33.7 Å². The molecular weight excluding hydrogens is 624 g/mol. The Morgan fingerprint density at radius 3 is 2.38 bits per heavy atom. The first-order valence-corrected chi connectivity index (χ1v) is 13.8. The third-order valence-electron chi connectivity index (χ3n) is 6.21. The van der Waals surface area contributed by atoms with Gasteiger partial charge in [-0.05, 0) is 73.1 Å². The molecule has 0 spiro atoms. The minimum absolute atomic E-state index is 0.0508. The van der Waals surface area contributed by atoms with Gasteiger partial charge in [0.1, 0.15) is 12.2 Å². The number of ether oxygens (including phenoxy) is 2. The van der Waals surface area contributed by atoms with E-state index in [1.165, 1.54) is 23.2 Å². The number of aromatic nitrogens is 1. The number of para-hydroxylation sites is 1. The van der Waals surface area contributed by atoms with Crippen molar-refractivity contribution in [1.82, 2.24) is 9.88 Å². The maximum absolute atomic E-state index is 14.5. The van der Waals surface area contributed by atoms with E-state index >= 15 is 0 Å². The van der Waals surface area contributed by atoms with E-state index in [1.54, 1.807) is 37.9 Å². The van der Waals surface area contributed by atoms with Crippen LogP contribution < -0.4 is 15.0 Å². The summed E-state index contributed by atoms with van der Waals surface area (Å²) in [6, 6.07) is 8.63. The summed E-state index contributed by atoms with van der Waals surface area (Å²) in [6.45, 7) is 6.03. The Morgan fingerprint density at radius 2 is 1.74 bits per heavy atom. The topological polar surface area (TPSA) is 84.0 Å². The van der Waals surface area contributed by atoms with Gasteiger partial charge in [-0.25, -0.2) is 9.18 Å². The standard InChI is InChI=1S/C29H29BrF4N4O4/c1-28(2,3)42-27(40)38-11-9-37(10-12-38)23-6-4-5-21(29(32,33)34)25(23)36-26(39)19-7-8-22(31)24(14-19)41-17-18-13-20(30)16-35-15-18/h4-8,13-16H,9-12,17H2,1-3H3,(H,36,39). The summed E-state index contributed by atoms with van der Waals surface area (Å²) in [5.41, 5.74) is -1.49. The maximum Gasteiger partial charge on any atom is 0.418 e. The van der Waals surface area contributed by atoms with E-state index in [0.29, 0.717) is 10.0 Å². The molecule has 1 aromatic heterocycles. The molecule has 4 rings (SSSR count). The number of alkyl halides is 3. The number of hydrogen-bond acceptors (Lipinski definition) is 6. The SMILES string of the molecule is CC(C)(C)OC(=O)N1CCN(c2cccc(C(F)(F)F)c2NC(=O)c2ccc(F)c(OCc3cncc(Br)c3)c2)CC1. The quantitative estimate of drug-likeness (QED) is 0.292. The zero-order chi connectivity index (χ0) is 30.7. The molecule has 0 radical (unpaired) electrons. The van der Waals surface area contributed by atoms with Gasteiger partial charge in [0, 0.05) is 54.2 Å². The van der Waals surface area contributed by atoms with Crippen molar-refractivity contribution in [1.29, 1.82) is 0 Å². The number of carbonyl (C=O) groups excluding carboxylic acids is 2. The van der Waals surface area contributed by atoms with E-state index in [1.807, 2.05) is 0 Å². The van der Waals surface area contributed by atoms with Crippen molar-refractivity contribution in [3.63, 3.8) is 0 Å². The first-order valence-electron chi connectivity index (χ1n) is 13.0. The number of nitrogens with one attached hydrogen (secondary N) is 1. The molecule has 2 heterocycles. The van der Waals surface area contributed by atoms with Gasteiger partial charge < -0.3 is 24.6 Å². The molecule has 0 atom stereocenters. The molecule has 1 N–H and O–H groups in total. The van der Waals surface area contributed by atoms with Crippen LogP contribution in [0.2, 0.25) is 0 Å². The van der Waals surface area contributed by atoms with Crippen molar-refractivity contribution in [2.75, 3.05) is 36.4 Å². The number of carbonyl (C=O) groups is 2. The molecule has 0 aliphatic carbocycles. The number of nitrogens with zero attached hydrogens (tertiary/aromatic N) is 3. The highest BCUT2D eigenvalue weighted by Gasteiger charge is 2.36. The summed E-state index contributed by atoms with van der Waals surface area (Å²) in [4.78, 5) is 32.8. The molecule has 1 aliphatic rings. The number of rotatable bonds is 6. The van der Waals surface area contributed by atoms with E-state index in [-0.39, 0.29) is 49.8 Å². The molecule has 13 heteroatoms. The van der Waals surface area contributed by atoms with E-state index in [9.17, 15) is 27.2 Å². The third-order valence-corrected chi connectivity index (χ3v) is 6.64.